The first-order chi connectivity index (χ1) is 8.56. The molecule has 0 aromatic heterocycles. The topological polar surface area (TPSA) is 32.3 Å². The molecule has 0 bridgehead atoms. The lowest BCUT2D eigenvalue weighted by molar-refractivity contribution is -0.119. The highest BCUT2D eigenvalue weighted by molar-refractivity contribution is 5.81. The third kappa shape index (κ3) is 4.40. The predicted molar refractivity (Wildman–Crippen MR) is 77.1 cm³/mol. The van der Waals surface area contributed by atoms with Crippen LogP contribution in [-0.4, -0.2) is 25.5 Å². The molecule has 3 heteroatoms. The Labute approximate surface area is 110 Å². The molecule has 1 amide bonds. The number of amides is 1. The molecule has 1 N–H and O–H groups in total. The summed E-state index contributed by atoms with van der Waals surface area (Å²) in [4.78, 5) is 13.9. The predicted octanol–water partition coefficient (Wildman–Crippen LogP) is 2.66. The van der Waals surface area contributed by atoms with Crippen molar-refractivity contribution in [3.63, 3.8) is 0 Å². The van der Waals surface area contributed by atoms with Gasteiger partial charge in [0.25, 0.3) is 0 Å². The first-order valence-corrected chi connectivity index (χ1v) is 6.66. The monoisotopic (exact) mass is 248 g/mol. The van der Waals surface area contributed by atoms with Crippen LogP contribution in [0.4, 0.5) is 5.69 Å². The second-order valence-electron chi connectivity index (χ2n) is 4.71. The van der Waals surface area contributed by atoms with Gasteiger partial charge in [0.2, 0.25) is 5.91 Å². The van der Waals surface area contributed by atoms with Crippen molar-refractivity contribution in [3.8, 4) is 0 Å². The van der Waals surface area contributed by atoms with E-state index in [4.69, 9.17) is 0 Å². The van der Waals surface area contributed by atoms with Crippen molar-refractivity contribution in [1.82, 2.24) is 5.32 Å². The Balaban J connectivity index is 2.73. The van der Waals surface area contributed by atoms with E-state index in [2.05, 4.69) is 56.1 Å². The molecule has 18 heavy (non-hydrogen) atoms. The maximum absolute atomic E-state index is 11.8. The highest BCUT2D eigenvalue weighted by atomic mass is 16.2. The van der Waals surface area contributed by atoms with Crippen molar-refractivity contribution in [2.75, 3.05) is 24.5 Å². The maximum Gasteiger partial charge on any atom is 0.239 e. The Morgan fingerprint density at radius 1 is 1.17 bits per heavy atom. The zero-order valence-electron chi connectivity index (χ0n) is 11.9. The lowest BCUT2D eigenvalue weighted by atomic mass is 10.1. The molecule has 1 rings (SSSR count). The number of likely N-dealkylation sites (N-methyl/N-ethyl adjacent to an activating group) is 1. The van der Waals surface area contributed by atoms with Gasteiger partial charge in [-0.3, -0.25) is 4.79 Å². The molecular weight excluding hydrogens is 224 g/mol. The quantitative estimate of drug-likeness (QED) is 0.839. The fourth-order valence-electron chi connectivity index (χ4n) is 2.01. The number of carbonyl (C=O) groups excluding carboxylic acids is 1. The number of carbonyl (C=O) groups is 1. The van der Waals surface area contributed by atoms with Gasteiger partial charge in [0.1, 0.15) is 0 Å². The molecule has 1 aromatic carbocycles. The van der Waals surface area contributed by atoms with Crippen LogP contribution < -0.4 is 10.2 Å². The first-order valence-electron chi connectivity index (χ1n) is 6.66. The fraction of sp³-hybridized carbons (Fsp3) is 0.533. The van der Waals surface area contributed by atoms with Crippen LogP contribution in [0.3, 0.4) is 0 Å². The molecule has 0 radical (unpaired) electrons. The van der Waals surface area contributed by atoms with Crippen LogP contribution in [0.15, 0.2) is 18.2 Å². The summed E-state index contributed by atoms with van der Waals surface area (Å²) in [6.07, 6.45) is 0.974. The van der Waals surface area contributed by atoms with Crippen molar-refractivity contribution < 1.29 is 4.79 Å². The van der Waals surface area contributed by atoms with Gasteiger partial charge in [-0.25, -0.2) is 0 Å². The number of rotatable bonds is 6. The van der Waals surface area contributed by atoms with Gasteiger partial charge in [-0.15, -0.1) is 0 Å². The molecule has 0 unspecified atom stereocenters. The van der Waals surface area contributed by atoms with E-state index in [1.165, 1.54) is 11.1 Å². The molecule has 1 aromatic rings. The maximum atomic E-state index is 11.8. The molecule has 0 heterocycles. The van der Waals surface area contributed by atoms with Crippen LogP contribution in [0.5, 0.6) is 0 Å². The van der Waals surface area contributed by atoms with Gasteiger partial charge in [-0.05, 0) is 50.5 Å². The molecule has 0 aliphatic carbocycles. The van der Waals surface area contributed by atoms with E-state index in [0.717, 1.165) is 25.2 Å². The number of aryl methyl sites for hydroxylation is 2. The van der Waals surface area contributed by atoms with Crippen LogP contribution in [-0.2, 0) is 4.79 Å². The molecule has 0 spiro atoms. The van der Waals surface area contributed by atoms with Gasteiger partial charge >= 0.3 is 0 Å². The summed E-state index contributed by atoms with van der Waals surface area (Å²) in [7, 11) is 0. The summed E-state index contributed by atoms with van der Waals surface area (Å²) in [6.45, 7) is 10.3. The molecule has 0 aliphatic heterocycles. The smallest absolute Gasteiger partial charge is 0.239 e. The SMILES string of the molecule is CCCNC(=O)CN(CC)c1cc(C)cc(C)c1. The number of nitrogens with zero attached hydrogens (tertiary/aromatic N) is 1. The Morgan fingerprint density at radius 3 is 2.28 bits per heavy atom. The molecule has 0 saturated carbocycles. The van der Waals surface area contributed by atoms with E-state index < -0.39 is 0 Å². The summed E-state index contributed by atoms with van der Waals surface area (Å²) in [5.74, 6) is 0.0952. The fourth-order valence-corrected chi connectivity index (χ4v) is 2.01. The standard InChI is InChI=1S/C15H24N2O/c1-5-7-16-15(18)11-17(6-2)14-9-12(3)8-13(4)10-14/h8-10H,5-7,11H2,1-4H3,(H,16,18). The summed E-state index contributed by atoms with van der Waals surface area (Å²) >= 11 is 0. The average molecular weight is 248 g/mol. The van der Waals surface area contributed by atoms with E-state index in [1.54, 1.807) is 0 Å². The second kappa shape index (κ2) is 7.04. The van der Waals surface area contributed by atoms with Gasteiger partial charge in [-0.1, -0.05) is 13.0 Å². The van der Waals surface area contributed by atoms with Crippen molar-refractivity contribution in [2.24, 2.45) is 0 Å². The molecule has 0 saturated heterocycles. The van der Waals surface area contributed by atoms with Crippen molar-refractivity contribution in [1.29, 1.82) is 0 Å². The highest BCUT2D eigenvalue weighted by Crippen LogP contribution is 2.18. The minimum atomic E-state index is 0.0952. The zero-order chi connectivity index (χ0) is 13.5. The van der Waals surface area contributed by atoms with Crippen molar-refractivity contribution >= 4 is 11.6 Å². The summed E-state index contributed by atoms with van der Waals surface area (Å²) in [5, 5.41) is 2.92. The third-order valence-electron chi connectivity index (χ3n) is 2.86. The molecule has 0 fully saturated rings. The van der Waals surface area contributed by atoms with Crippen molar-refractivity contribution in [2.45, 2.75) is 34.1 Å². The Hall–Kier alpha value is -1.51. The van der Waals surface area contributed by atoms with Crippen molar-refractivity contribution in [3.05, 3.63) is 29.3 Å². The average Bonchev–Trinajstić information content (AvgIpc) is 2.32. The third-order valence-corrected chi connectivity index (χ3v) is 2.86. The lowest BCUT2D eigenvalue weighted by Crippen LogP contribution is -2.37. The highest BCUT2D eigenvalue weighted by Gasteiger charge is 2.10. The molecular formula is C15H24N2O. The van der Waals surface area contributed by atoms with E-state index in [0.29, 0.717) is 6.54 Å². The van der Waals surface area contributed by atoms with Crippen LogP contribution in [0, 0.1) is 13.8 Å². The molecule has 3 nitrogen and oxygen atoms in total. The van der Waals surface area contributed by atoms with Gasteiger partial charge < -0.3 is 10.2 Å². The van der Waals surface area contributed by atoms with Gasteiger partial charge in [0.05, 0.1) is 6.54 Å². The largest absolute Gasteiger partial charge is 0.362 e. The molecule has 0 aliphatic rings. The minimum absolute atomic E-state index is 0.0952. The van der Waals surface area contributed by atoms with E-state index in [1.807, 2.05) is 0 Å². The lowest BCUT2D eigenvalue weighted by Gasteiger charge is -2.23. The van der Waals surface area contributed by atoms with E-state index >= 15 is 0 Å². The Kier molecular flexibility index (Phi) is 5.69. The summed E-state index contributed by atoms with van der Waals surface area (Å²) in [5.41, 5.74) is 3.59. The number of benzene rings is 1. The molecule has 100 valence electrons. The van der Waals surface area contributed by atoms with Gasteiger partial charge in [0.15, 0.2) is 0 Å². The van der Waals surface area contributed by atoms with Crippen LogP contribution >= 0.6 is 0 Å². The van der Waals surface area contributed by atoms with Gasteiger partial charge in [0, 0.05) is 18.8 Å². The first kappa shape index (κ1) is 14.6. The van der Waals surface area contributed by atoms with E-state index in [9.17, 15) is 4.79 Å². The number of anilines is 1. The van der Waals surface area contributed by atoms with Crippen LogP contribution in [0.2, 0.25) is 0 Å². The summed E-state index contributed by atoms with van der Waals surface area (Å²) < 4.78 is 0. The number of hydrogen-bond acceptors (Lipinski definition) is 2. The number of nitrogens with one attached hydrogen (secondary N) is 1. The normalized spacial score (nSPS) is 10.2. The van der Waals surface area contributed by atoms with Gasteiger partial charge in [-0.2, -0.15) is 0 Å². The zero-order valence-corrected chi connectivity index (χ0v) is 11.9. The molecule has 0 atom stereocenters. The number of hydrogen-bond donors (Lipinski definition) is 1. The Morgan fingerprint density at radius 2 is 1.78 bits per heavy atom. The van der Waals surface area contributed by atoms with Crippen LogP contribution in [0.1, 0.15) is 31.4 Å². The minimum Gasteiger partial charge on any atom is -0.362 e. The summed E-state index contributed by atoms with van der Waals surface area (Å²) in [6, 6.07) is 6.40. The second-order valence-corrected chi connectivity index (χ2v) is 4.71. The van der Waals surface area contributed by atoms with E-state index in [-0.39, 0.29) is 5.91 Å². The Bertz CT molecular complexity index is 381. The van der Waals surface area contributed by atoms with Crippen LogP contribution in [0.25, 0.3) is 0 Å².